The molecule has 1 atom stereocenters. The summed E-state index contributed by atoms with van der Waals surface area (Å²) in [4.78, 5) is 18.2. The molecule has 0 saturated carbocycles. The van der Waals surface area contributed by atoms with Gasteiger partial charge < -0.3 is 0 Å². The van der Waals surface area contributed by atoms with Crippen LogP contribution in [0.2, 0.25) is 0 Å². The fraction of sp³-hybridized carbons (Fsp3) is 0.333. The third-order valence-corrected chi connectivity index (χ3v) is 7.21. The molecule has 186 valence electrons. The van der Waals surface area contributed by atoms with Crippen LogP contribution in [0.5, 0.6) is 0 Å². The van der Waals surface area contributed by atoms with E-state index in [0.717, 1.165) is 55.1 Å². The summed E-state index contributed by atoms with van der Waals surface area (Å²) in [5.74, 6) is -0.382. The second kappa shape index (κ2) is 10.7. The molecule has 0 radical (unpaired) electrons. The highest BCUT2D eigenvalue weighted by Gasteiger charge is 2.35. The molecule has 5 rings (SSSR count). The van der Waals surface area contributed by atoms with Crippen LogP contribution in [0.15, 0.2) is 77.9 Å². The lowest BCUT2D eigenvalue weighted by Crippen LogP contribution is -2.49. The number of hydrazone groups is 1. The number of hydrogen-bond acceptors (Lipinski definition) is 4. The maximum Gasteiger partial charge on any atom is 0.257 e. The average molecular weight is 485 g/mol. The van der Waals surface area contributed by atoms with Gasteiger partial charge in [-0.25, -0.2) is 9.40 Å². The van der Waals surface area contributed by atoms with Crippen LogP contribution in [0.1, 0.15) is 40.3 Å². The quantitative estimate of drug-likeness (QED) is 0.498. The van der Waals surface area contributed by atoms with E-state index in [0.29, 0.717) is 12.0 Å². The fourth-order valence-corrected chi connectivity index (χ4v) is 5.15. The van der Waals surface area contributed by atoms with Crippen LogP contribution in [0, 0.1) is 19.7 Å². The molecule has 0 N–H and O–H groups in total. The molecule has 0 bridgehead atoms. The topological polar surface area (TPSA) is 39.2 Å². The van der Waals surface area contributed by atoms with Crippen LogP contribution >= 0.6 is 0 Å². The number of nitrogens with zero attached hydrogens (tertiary/aromatic N) is 4. The smallest absolute Gasteiger partial charge is 0.257 e. The molecule has 1 saturated heterocycles. The largest absolute Gasteiger partial charge is 0.297 e. The van der Waals surface area contributed by atoms with Gasteiger partial charge in [-0.1, -0.05) is 66.2 Å². The second-order valence-electron chi connectivity index (χ2n) is 9.88. The minimum atomic E-state index is -0.437. The minimum absolute atomic E-state index is 0.0833. The molecule has 2 aliphatic heterocycles. The van der Waals surface area contributed by atoms with Crippen molar-refractivity contribution in [3.8, 4) is 0 Å². The number of piperazine rings is 1. The molecule has 1 amide bonds. The molecule has 0 spiro atoms. The highest BCUT2D eigenvalue weighted by Crippen LogP contribution is 2.35. The van der Waals surface area contributed by atoms with Crippen LogP contribution in [0.25, 0.3) is 0 Å². The summed E-state index contributed by atoms with van der Waals surface area (Å²) in [6.45, 7) is 8.78. The van der Waals surface area contributed by atoms with E-state index in [-0.39, 0.29) is 18.3 Å². The van der Waals surface area contributed by atoms with Gasteiger partial charge in [-0.3, -0.25) is 14.6 Å². The predicted octanol–water partition coefficient (Wildman–Crippen LogP) is 4.94. The summed E-state index contributed by atoms with van der Waals surface area (Å²) < 4.78 is 14.8. The zero-order valence-electron chi connectivity index (χ0n) is 21.0. The number of benzene rings is 3. The van der Waals surface area contributed by atoms with Gasteiger partial charge in [-0.05, 0) is 37.1 Å². The van der Waals surface area contributed by atoms with Crippen molar-refractivity contribution in [2.24, 2.45) is 5.10 Å². The molecule has 0 aliphatic carbocycles. The SMILES string of the molecule is Cc1ccc(C)c(C2=NN(C(=O)CN3CCN(Cc4ccccc4)CC3)C(c3ccccc3F)C2)c1. The lowest BCUT2D eigenvalue weighted by atomic mass is 9.95. The predicted molar refractivity (Wildman–Crippen MR) is 141 cm³/mol. The third-order valence-electron chi connectivity index (χ3n) is 7.21. The van der Waals surface area contributed by atoms with Gasteiger partial charge in [0, 0.05) is 50.3 Å². The number of aryl methyl sites for hydroxylation is 2. The normalized spacial score (nSPS) is 18.9. The van der Waals surface area contributed by atoms with Gasteiger partial charge in [0.1, 0.15) is 5.82 Å². The van der Waals surface area contributed by atoms with E-state index in [1.165, 1.54) is 16.6 Å². The fourth-order valence-electron chi connectivity index (χ4n) is 5.15. The van der Waals surface area contributed by atoms with E-state index in [1.807, 2.05) is 19.1 Å². The van der Waals surface area contributed by atoms with Crippen LogP contribution in [-0.2, 0) is 11.3 Å². The van der Waals surface area contributed by atoms with Crippen molar-refractivity contribution in [1.82, 2.24) is 14.8 Å². The van der Waals surface area contributed by atoms with E-state index in [2.05, 4.69) is 59.2 Å². The zero-order chi connectivity index (χ0) is 25.1. The van der Waals surface area contributed by atoms with Gasteiger partial charge in [0.15, 0.2) is 0 Å². The van der Waals surface area contributed by atoms with Crippen molar-refractivity contribution >= 4 is 11.6 Å². The van der Waals surface area contributed by atoms with Gasteiger partial charge in [-0.2, -0.15) is 5.10 Å². The molecule has 2 heterocycles. The number of carbonyl (C=O) groups is 1. The molecule has 1 fully saturated rings. The summed E-state index contributed by atoms with van der Waals surface area (Å²) in [5.41, 5.74) is 5.93. The lowest BCUT2D eigenvalue weighted by molar-refractivity contribution is -0.134. The molecule has 0 aromatic heterocycles. The zero-order valence-corrected chi connectivity index (χ0v) is 21.0. The van der Waals surface area contributed by atoms with E-state index < -0.39 is 6.04 Å². The standard InChI is InChI=1S/C30H33FN4O/c1-22-12-13-23(2)26(18-22)28-19-29(25-10-6-7-11-27(25)31)35(32-28)30(36)21-34-16-14-33(15-17-34)20-24-8-4-3-5-9-24/h3-13,18,29H,14-17,19-21H2,1-2H3. The van der Waals surface area contributed by atoms with Crippen molar-refractivity contribution in [3.63, 3.8) is 0 Å². The van der Waals surface area contributed by atoms with Gasteiger partial charge in [-0.15, -0.1) is 0 Å². The summed E-state index contributed by atoms with van der Waals surface area (Å²) in [6.07, 6.45) is 0.502. The minimum Gasteiger partial charge on any atom is -0.297 e. The molecular formula is C30H33FN4O. The number of halogens is 1. The Labute approximate surface area is 212 Å². The Morgan fingerprint density at radius 2 is 1.61 bits per heavy atom. The molecule has 3 aromatic rings. The first-order valence-electron chi connectivity index (χ1n) is 12.7. The van der Waals surface area contributed by atoms with Crippen LogP contribution in [0.4, 0.5) is 4.39 Å². The first-order chi connectivity index (χ1) is 17.5. The molecule has 6 heteroatoms. The van der Waals surface area contributed by atoms with Crippen LogP contribution in [-0.4, -0.2) is 59.2 Å². The molecule has 3 aromatic carbocycles. The Hall–Kier alpha value is -3.35. The van der Waals surface area contributed by atoms with Crippen LogP contribution < -0.4 is 0 Å². The second-order valence-corrected chi connectivity index (χ2v) is 9.88. The Morgan fingerprint density at radius 3 is 2.36 bits per heavy atom. The van der Waals surface area contributed by atoms with E-state index in [1.54, 1.807) is 12.1 Å². The van der Waals surface area contributed by atoms with Gasteiger partial charge in [0.25, 0.3) is 5.91 Å². The number of amides is 1. The Morgan fingerprint density at radius 1 is 0.917 bits per heavy atom. The number of hydrogen-bond donors (Lipinski definition) is 0. The Bertz CT molecular complexity index is 1250. The van der Waals surface area contributed by atoms with Crippen molar-refractivity contribution in [3.05, 3.63) is 106 Å². The maximum absolute atomic E-state index is 14.8. The highest BCUT2D eigenvalue weighted by molar-refractivity contribution is 6.04. The van der Waals surface area contributed by atoms with E-state index in [9.17, 15) is 9.18 Å². The molecule has 5 nitrogen and oxygen atoms in total. The van der Waals surface area contributed by atoms with Crippen molar-refractivity contribution < 1.29 is 9.18 Å². The van der Waals surface area contributed by atoms with E-state index >= 15 is 0 Å². The molecular weight excluding hydrogens is 451 g/mol. The number of carbonyl (C=O) groups excluding carboxylic acids is 1. The van der Waals surface area contributed by atoms with Crippen molar-refractivity contribution in [1.29, 1.82) is 0 Å². The first-order valence-corrected chi connectivity index (χ1v) is 12.7. The van der Waals surface area contributed by atoms with Gasteiger partial charge >= 0.3 is 0 Å². The van der Waals surface area contributed by atoms with Gasteiger partial charge in [0.05, 0.1) is 18.3 Å². The highest BCUT2D eigenvalue weighted by atomic mass is 19.1. The van der Waals surface area contributed by atoms with Crippen molar-refractivity contribution in [2.75, 3.05) is 32.7 Å². The average Bonchev–Trinajstić information content (AvgIpc) is 3.33. The Kier molecular flexibility index (Phi) is 7.25. The lowest BCUT2D eigenvalue weighted by Gasteiger charge is -2.35. The Balaban J connectivity index is 1.30. The monoisotopic (exact) mass is 484 g/mol. The summed E-state index contributed by atoms with van der Waals surface area (Å²) in [5, 5.41) is 6.33. The van der Waals surface area contributed by atoms with Gasteiger partial charge in [0.2, 0.25) is 0 Å². The maximum atomic E-state index is 14.8. The summed E-state index contributed by atoms with van der Waals surface area (Å²) >= 11 is 0. The summed E-state index contributed by atoms with van der Waals surface area (Å²) in [6, 6.07) is 23.0. The third kappa shape index (κ3) is 5.40. The molecule has 36 heavy (non-hydrogen) atoms. The number of rotatable bonds is 6. The van der Waals surface area contributed by atoms with Crippen LogP contribution in [0.3, 0.4) is 0 Å². The summed E-state index contributed by atoms with van der Waals surface area (Å²) in [7, 11) is 0. The molecule has 1 unspecified atom stereocenters. The van der Waals surface area contributed by atoms with Crippen molar-refractivity contribution in [2.45, 2.75) is 32.9 Å². The molecule has 2 aliphatic rings. The van der Waals surface area contributed by atoms with E-state index in [4.69, 9.17) is 5.10 Å². The first kappa shape index (κ1) is 24.3.